The molecule has 1 aliphatic rings. The zero-order valence-electron chi connectivity index (χ0n) is 23.5. The van der Waals surface area contributed by atoms with Crippen molar-refractivity contribution in [1.82, 2.24) is 4.57 Å². The first-order chi connectivity index (χ1) is 20.2. The van der Waals surface area contributed by atoms with Crippen molar-refractivity contribution < 1.29 is 28.3 Å². The van der Waals surface area contributed by atoms with Crippen LogP contribution in [0.3, 0.4) is 0 Å². The Morgan fingerprint density at radius 1 is 1.14 bits per heavy atom. The molecule has 2 aromatic carbocycles. The molecule has 0 N–H and O–H groups in total. The van der Waals surface area contributed by atoms with Crippen LogP contribution in [-0.2, 0) is 9.53 Å². The summed E-state index contributed by atoms with van der Waals surface area (Å²) in [5.41, 5.74) is 1.97. The van der Waals surface area contributed by atoms with Gasteiger partial charge in [-0.3, -0.25) is 19.5 Å². The van der Waals surface area contributed by atoms with Crippen LogP contribution < -0.4 is 24.4 Å². The van der Waals surface area contributed by atoms with Crippen LogP contribution >= 0.6 is 11.3 Å². The number of hydrogen-bond acceptors (Lipinski definition) is 10. The molecule has 3 heterocycles. The molecule has 5 rings (SSSR count). The van der Waals surface area contributed by atoms with Crippen molar-refractivity contribution in [3.63, 3.8) is 0 Å². The first-order valence-corrected chi connectivity index (χ1v) is 13.7. The number of carbonyl (C=O) groups excluding carboxylic acids is 1. The van der Waals surface area contributed by atoms with Crippen LogP contribution in [0.4, 0.5) is 5.69 Å². The first-order valence-electron chi connectivity index (χ1n) is 12.9. The summed E-state index contributed by atoms with van der Waals surface area (Å²) < 4.78 is 24.2. The number of hydrogen-bond donors (Lipinski definition) is 0. The Morgan fingerprint density at radius 3 is 2.62 bits per heavy atom. The molecule has 0 fully saturated rings. The Labute approximate surface area is 243 Å². The van der Waals surface area contributed by atoms with Crippen molar-refractivity contribution in [2.45, 2.75) is 26.8 Å². The highest BCUT2D eigenvalue weighted by Gasteiger charge is 2.35. The largest absolute Gasteiger partial charge is 0.497 e. The maximum absolute atomic E-state index is 14.0. The molecule has 11 nitrogen and oxygen atoms in total. The molecule has 42 heavy (non-hydrogen) atoms. The summed E-state index contributed by atoms with van der Waals surface area (Å²) in [6.45, 7) is 5.30. The molecule has 12 heteroatoms. The maximum Gasteiger partial charge on any atom is 0.338 e. The number of rotatable bonds is 8. The van der Waals surface area contributed by atoms with Crippen LogP contribution in [0.2, 0.25) is 0 Å². The van der Waals surface area contributed by atoms with Crippen molar-refractivity contribution in [2.24, 2.45) is 4.99 Å². The van der Waals surface area contributed by atoms with Crippen molar-refractivity contribution >= 4 is 29.1 Å². The summed E-state index contributed by atoms with van der Waals surface area (Å²) in [6, 6.07) is 12.1. The van der Waals surface area contributed by atoms with E-state index in [1.165, 1.54) is 23.8 Å². The second-order valence-electron chi connectivity index (χ2n) is 9.37. The summed E-state index contributed by atoms with van der Waals surface area (Å²) in [7, 11) is 3.08. The van der Waals surface area contributed by atoms with Gasteiger partial charge in [0, 0.05) is 23.3 Å². The van der Waals surface area contributed by atoms with E-state index < -0.39 is 22.5 Å². The highest BCUT2D eigenvalue weighted by molar-refractivity contribution is 7.07. The number of ether oxygens (including phenoxy) is 3. The molecule has 0 saturated heterocycles. The van der Waals surface area contributed by atoms with Crippen LogP contribution in [0.1, 0.15) is 36.8 Å². The fourth-order valence-electron chi connectivity index (χ4n) is 4.79. The molecule has 0 saturated carbocycles. The summed E-state index contributed by atoms with van der Waals surface area (Å²) >= 11 is 1.16. The lowest BCUT2D eigenvalue weighted by atomic mass is 10.0. The van der Waals surface area contributed by atoms with E-state index in [9.17, 15) is 19.7 Å². The van der Waals surface area contributed by atoms with E-state index in [1.807, 2.05) is 6.92 Å². The second-order valence-corrected chi connectivity index (χ2v) is 10.4. The Balaban J connectivity index is 1.71. The molecule has 4 aromatic rings. The second kappa shape index (κ2) is 11.5. The highest BCUT2D eigenvalue weighted by atomic mass is 32.1. The number of thiazole rings is 1. The number of benzene rings is 2. The molecular weight excluding hydrogens is 562 g/mol. The Morgan fingerprint density at radius 2 is 1.93 bits per heavy atom. The molecule has 0 spiro atoms. The van der Waals surface area contributed by atoms with Gasteiger partial charge in [0.1, 0.15) is 29.1 Å². The van der Waals surface area contributed by atoms with Crippen LogP contribution in [0, 0.1) is 17.0 Å². The number of aryl methyl sites for hydroxylation is 1. The van der Waals surface area contributed by atoms with Gasteiger partial charge in [0.05, 0.1) is 41.6 Å². The van der Waals surface area contributed by atoms with Gasteiger partial charge in [-0.25, -0.2) is 9.79 Å². The van der Waals surface area contributed by atoms with Crippen molar-refractivity contribution in [3.8, 4) is 22.8 Å². The van der Waals surface area contributed by atoms with E-state index >= 15 is 0 Å². The topological polar surface area (TPSA) is 135 Å². The zero-order valence-corrected chi connectivity index (χ0v) is 24.3. The number of carbonyl (C=O) groups is 1. The number of non-ortho nitro benzene ring substituents is 1. The normalized spacial score (nSPS) is 14.8. The van der Waals surface area contributed by atoms with Crippen molar-refractivity contribution in [1.29, 1.82) is 0 Å². The Kier molecular flexibility index (Phi) is 7.81. The van der Waals surface area contributed by atoms with Gasteiger partial charge in [-0.05, 0) is 62.7 Å². The summed E-state index contributed by atoms with van der Waals surface area (Å²) in [4.78, 5) is 43.0. The van der Waals surface area contributed by atoms with Crippen molar-refractivity contribution in [2.75, 3.05) is 20.8 Å². The molecule has 0 amide bonds. The van der Waals surface area contributed by atoms with Gasteiger partial charge in [0.15, 0.2) is 4.80 Å². The highest BCUT2D eigenvalue weighted by Crippen LogP contribution is 2.36. The molecule has 2 aromatic heterocycles. The standard InChI is InChI=1S/C30H27N3O8S/c1-6-40-29(35)26-17(3)31-30-32(28(34)25(42-30)14-18-13-20(38-4)9-10-22(18)39-5)27(26)24-12-11-23(41-24)21-15-19(33(36)37)8-7-16(21)2/h7-15,27H,6H2,1-5H3/b25-14-/t27-/m0/s1. The minimum absolute atomic E-state index is 0.0857. The molecule has 0 aliphatic carbocycles. The van der Waals surface area contributed by atoms with E-state index in [1.54, 1.807) is 63.4 Å². The van der Waals surface area contributed by atoms with Gasteiger partial charge >= 0.3 is 5.97 Å². The minimum atomic E-state index is -0.984. The number of allylic oxidation sites excluding steroid dienone is 1. The summed E-state index contributed by atoms with van der Waals surface area (Å²) in [5, 5.41) is 11.4. The first kappa shape index (κ1) is 28.6. The Bertz CT molecular complexity index is 1930. The fraction of sp³-hybridized carbons (Fsp3) is 0.233. The molecule has 0 unspecified atom stereocenters. The number of esters is 1. The Hall–Kier alpha value is -4.97. The average molecular weight is 590 g/mol. The maximum atomic E-state index is 14.0. The van der Waals surface area contributed by atoms with E-state index in [2.05, 4.69) is 4.99 Å². The fourth-order valence-corrected chi connectivity index (χ4v) is 5.83. The third-order valence-corrected chi connectivity index (χ3v) is 7.82. The predicted molar refractivity (Wildman–Crippen MR) is 155 cm³/mol. The van der Waals surface area contributed by atoms with Crippen molar-refractivity contribution in [3.05, 3.63) is 106 Å². The van der Waals surface area contributed by atoms with Gasteiger partial charge in [0.2, 0.25) is 0 Å². The minimum Gasteiger partial charge on any atom is -0.497 e. The van der Waals surface area contributed by atoms with E-state index in [4.69, 9.17) is 18.6 Å². The summed E-state index contributed by atoms with van der Waals surface area (Å²) in [5.74, 6) is 1.14. The van der Waals surface area contributed by atoms with E-state index in [0.29, 0.717) is 43.4 Å². The number of aromatic nitrogens is 1. The smallest absolute Gasteiger partial charge is 0.338 e. The average Bonchev–Trinajstić information content (AvgIpc) is 3.57. The van der Waals surface area contributed by atoms with Gasteiger partial charge in [-0.1, -0.05) is 17.4 Å². The third kappa shape index (κ3) is 5.12. The van der Waals surface area contributed by atoms with Gasteiger partial charge in [-0.15, -0.1) is 0 Å². The SMILES string of the molecule is CCOC(=O)C1=C(C)N=c2s/c(=C\c3cc(OC)ccc3OC)c(=O)n2[C@H]1c1ccc(-c2cc([N+](=O)[O-])ccc2C)o1. The predicted octanol–water partition coefficient (Wildman–Crippen LogP) is 4.29. The van der Waals surface area contributed by atoms with Crippen LogP contribution in [0.5, 0.6) is 11.5 Å². The lowest BCUT2D eigenvalue weighted by Gasteiger charge is -2.22. The summed E-state index contributed by atoms with van der Waals surface area (Å²) in [6.07, 6.45) is 1.69. The van der Waals surface area contributed by atoms with Crippen LogP contribution in [-0.4, -0.2) is 36.3 Å². The number of nitro benzene ring substituents is 1. The molecule has 216 valence electrons. The van der Waals surface area contributed by atoms with Gasteiger partial charge in [-0.2, -0.15) is 0 Å². The number of methoxy groups -OCH3 is 2. The van der Waals surface area contributed by atoms with Crippen LogP contribution in [0.25, 0.3) is 17.4 Å². The van der Waals surface area contributed by atoms with Crippen LogP contribution in [0.15, 0.2) is 74.0 Å². The number of nitro groups is 1. The van der Waals surface area contributed by atoms with Gasteiger partial charge < -0.3 is 18.6 Å². The number of nitrogens with zero attached hydrogens (tertiary/aromatic N) is 3. The third-order valence-electron chi connectivity index (χ3n) is 6.83. The van der Waals surface area contributed by atoms with Gasteiger partial charge in [0.25, 0.3) is 11.2 Å². The molecule has 0 bridgehead atoms. The lowest BCUT2D eigenvalue weighted by molar-refractivity contribution is -0.384. The van der Waals surface area contributed by atoms with E-state index in [0.717, 1.165) is 16.9 Å². The molecule has 1 atom stereocenters. The van der Waals surface area contributed by atoms with E-state index in [-0.39, 0.29) is 23.6 Å². The molecule has 1 aliphatic heterocycles. The number of fused-ring (bicyclic) bond motifs is 1. The molecule has 0 radical (unpaired) electrons. The zero-order chi connectivity index (χ0) is 30.1. The molecular formula is C30H27N3O8S. The quantitative estimate of drug-likeness (QED) is 0.169. The number of furan rings is 1. The monoisotopic (exact) mass is 589 g/mol. The lowest BCUT2D eigenvalue weighted by Crippen LogP contribution is -2.39.